The maximum atomic E-state index is 2.42. The van der Waals surface area contributed by atoms with E-state index in [1.165, 1.54) is 25.8 Å². The number of hydrogen-bond acceptors (Lipinski definition) is 0. The first-order chi connectivity index (χ1) is 7.66. The second kappa shape index (κ2) is 5.00. The molecule has 0 aliphatic rings. The van der Waals surface area contributed by atoms with Crippen LogP contribution in [0.1, 0.15) is 22.3 Å². The zero-order chi connectivity index (χ0) is 11.5. The minimum atomic E-state index is 1.03. The highest BCUT2D eigenvalue weighted by Crippen LogP contribution is 2.20. The van der Waals surface area contributed by atoms with Crippen molar-refractivity contribution < 1.29 is 0 Å². The number of halogens is 1. The monoisotopic (exact) mass is 322 g/mol. The average Bonchev–Trinajstić information content (AvgIpc) is 2.27. The van der Waals surface area contributed by atoms with E-state index in [0.29, 0.717) is 0 Å². The molecule has 0 radical (unpaired) electrons. The maximum Gasteiger partial charge on any atom is 0.0188 e. The van der Waals surface area contributed by atoms with Crippen LogP contribution in [0, 0.1) is 17.4 Å². The zero-order valence-electron chi connectivity index (χ0n) is 9.63. The molecular formula is C15H15I. The second-order valence-corrected chi connectivity index (χ2v) is 5.28. The van der Waals surface area contributed by atoms with Crippen LogP contribution < -0.4 is 0 Å². The van der Waals surface area contributed by atoms with E-state index >= 15 is 0 Å². The first-order valence-electron chi connectivity index (χ1n) is 5.46. The van der Waals surface area contributed by atoms with Crippen LogP contribution in [-0.2, 0) is 6.42 Å². The SMILES string of the molecule is Cc1cc(Cc2ccccc2)cc(C)c1I. The molecule has 0 unspecified atom stereocenters. The third-order valence-electron chi connectivity index (χ3n) is 2.75. The smallest absolute Gasteiger partial charge is 0.0188 e. The van der Waals surface area contributed by atoms with E-state index in [9.17, 15) is 0 Å². The highest BCUT2D eigenvalue weighted by Gasteiger charge is 2.02. The molecule has 2 rings (SSSR count). The van der Waals surface area contributed by atoms with Gasteiger partial charge in [-0.2, -0.15) is 0 Å². The second-order valence-electron chi connectivity index (χ2n) is 4.21. The first kappa shape index (κ1) is 11.6. The number of benzene rings is 2. The minimum Gasteiger partial charge on any atom is -0.0622 e. The van der Waals surface area contributed by atoms with Gasteiger partial charge in [0, 0.05) is 3.57 Å². The molecule has 0 atom stereocenters. The van der Waals surface area contributed by atoms with E-state index in [0.717, 1.165) is 6.42 Å². The van der Waals surface area contributed by atoms with Gasteiger partial charge in [-0.1, -0.05) is 42.5 Å². The van der Waals surface area contributed by atoms with E-state index in [2.05, 4.69) is 78.9 Å². The lowest BCUT2D eigenvalue weighted by Gasteiger charge is -2.08. The van der Waals surface area contributed by atoms with Crippen molar-refractivity contribution in [2.24, 2.45) is 0 Å². The van der Waals surface area contributed by atoms with Gasteiger partial charge in [0.15, 0.2) is 0 Å². The molecule has 0 aromatic heterocycles. The third kappa shape index (κ3) is 2.64. The van der Waals surface area contributed by atoms with Crippen LogP contribution in [0.2, 0.25) is 0 Å². The van der Waals surface area contributed by atoms with E-state index in [1.54, 1.807) is 0 Å². The van der Waals surface area contributed by atoms with E-state index in [1.807, 2.05) is 0 Å². The van der Waals surface area contributed by atoms with Crippen LogP contribution in [0.3, 0.4) is 0 Å². The third-order valence-corrected chi connectivity index (χ3v) is 4.45. The minimum absolute atomic E-state index is 1.03. The molecule has 82 valence electrons. The van der Waals surface area contributed by atoms with Crippen molar-refractivity contribution in [3.8, 4) is 0 Å². The van der Waals surface area contributed by atoms with Crippen molar-refractivity contribution in [1.29, 1.82) is 0 Å². The van der Waals surface area contributed by atoms with Crippen LogP contribution in [0.4, 0.5) is 0 Å². The van der Waals surface area contributed by atoms with Crippen molar-refractivity contribution >= 4 is 22.6 Å². The van der Waals surface area contributed by atoms with E-state index < -0.39 is 0 Å². The molecule has 1 heteroatoms. The fourth-order valence-electron chi connectivity index (χ4n) is 1.97. The summed E-state index contributed by atoms with van der Waals surface area (Å²) in [6.07, 6.45) is 1.03. The molecule has 2 aromatic rings. The maximum absolute atomic E-state index is 2.42. The molecule has 0 heterocycles. The van der Waals surface area contributed by atoms with Gasteiger partial charge in [0.05, 0.1) is 0 Å². The van der Waals surface area contributed by atoms with Crippen LogP contribution in [-0.4, -0.2) is 0 Å². The number of aryl methyl sites for hydroxylation is 2. The fraction of sp³-hybridized carbons (Fsp3) is 0.200. The number of hydrogen-bond donors (Lipinski definition) is 0. The number of rotatable bonds is 2. The molecule has 0 saturated heterocycles. The highest BCUT2D eigenvalue weighted by atomic mass is 127. The van der Waals surface area contributed by atoms with Crippen LogP contribution in [0.5, 0.6) is 0 Å². The van der Waals surface area contributed by atoms with Gasteiger partial charge in [-0.25, -0.2) is 0 Å². The van der Waals surface area contributed by atoms with Gasteiger partial charge < -0.3 is 0 Å². The Balaban J connectivity index is 2.29. The summed E-state index contributed by atoms with van der Waals surface area (Å²) in [6, 6.07) is 15.2. The Hall–Kier alpha value is -0.830. The average molecular weight is 322 g/mol. The Labute approximate surface area is 111 Å². The van der Waals surface area contributed by atoms with Gasteiger partial charge in [0.25, 0.3) is 0 Å². The molecular weight excluding hydrogens is 307 g/mol. The summed E-state index contributed by atoms with van der Waals surface area (Å²) in [5, 5.41) is 0. The quantitative estimate of drug-likeness (QED) is 0.714. The summed E-state index contributed by atoms with van der Waals surface area (Å²) in [4.78, 5) is 0. The summed E-state index contributed by atoms with van der Waals surface area (Å²) in [5.74, 6) is 0. The Morgan fingerprint density at radius 3 is 2.00 bits per heavy atom. The Morgan fingerprint density at radius 2 is 1.44 bits per heavy atom. The van der Waals surface area contributed by atoms with Crippen LogP contribution in [0.15, 0.2) is 42.5 Å². The van der Waals surface area contributed by atoms with Crippen molar-refractivity contribution in [2.45, 2.75) is 20.3 Å². The van der Waals surface area contributed by atoms with Crippen molar-refractivity contribution in [3.05, 3.63) is 68.3 Å². The van der Waals surface area contributed by atoms with Crippen LogP contribution in [0.25, 0.3) is 0 Å². The Morgan fingerprint density at radius 1 is 0.875 bits per heavy atom. The van der Waals surface area contributed by atoms with Crippen molar-refractivity contribution in [3.63, 3.8) is 0 Å². The Bertz CT molecular complexity index is 463. The predicted molar refractivity (Wildman–Crippen MR) is 77.9 cm³/mol. The molecule has 0 aliphatic carbocycles. The summed E-state index contributed by atoms with van der Waals surface area (Å²) in [7, 11) is 0. The molecule has 0 spiro atoms. The summed E-state index contributed by atoms with van der Waals surface area (Å²) < 4.78 is 1.38. The van der Waals surface area contributed by atoms with Gasteiger partial charge in [-0.3, -0.25) is 0 Å². The highest BCUT2D eigenvalue weighted by molar-refractivity contribution is 14.1. The molecule has 0 aliphatic heterocycles. The van der Waals surface area contributed by atoms with Crippen LogP contribution >= 0.6 is 22.6 Å². The first-order valence-corrected chi connectivity index (χ1v) is 6.54. The lowest BCUT2D eigenvalue weighted by molar-refractivity contribution is 1.16. The van der Waals surface area contributed by atoms with Gasteiger partial charge in [-0.05, 0) is 65.1 Å². The molecule has 0 bridgehead atoms. The van der Waals surface area contributed by atoms with Gasteiger partial charge in [0.1, 0.15) is 0 Å². The van der Waals surface area contributed by atoms with Gasteiger partial charge in [-0.15, -0.1) is 0 Å². The molecule has 16 heavy (non-hydrogen) atoms. The zero-order valence-corrected chi connectivity index (χ0v) is 11.8. The lowest BCUT2D eigenvalue weighted by atomic mass is 10.0. The van der Waals surface area contributed by atoms with Gasteiger partial charge in [0.2, 0.25) is 0 Å². The van der Waals surface area contributed by atoms with Crippen molar-refractivity contribution in [1.82, 2.24) is 0 Å². The molecule has 0 N–H and O–H groups in total. The fourth-order valence-corrected chi connectivity index (χ4v) is 2.28. The normalized spacial score (nSPS) is 10.4. The summed E-state index contributed by atoms with van der Waals surface area (Å²) >= 11 is 2.42. The molecule has 0 amide bonds. The lowest BCUT2D eigenvalue weighted by Crippen LogP contribution is -1.93. The van der Waals surface area contributed by atoms with E-state index in [-0.39, 0.29) is 0 Å². The Kier molecular flexibility index (Phi) is 3.64. The summed E-state index contributed by atoms with van der Waals surface area (Å²) in [5.41, 5.74) is 5.54. The largest absolute Gasteiger partial charge is 0.0622 e. The molecule has 0 saturated carbocycles. The molecule has 2 aromatic carbocycles. The standard InChI is InChI=1S/C15H15I/c1-11-8-14(9-12(2)15(11)16)10-13-6-4-3-5-7-13/h3-9H,10H2,1-2H3. The van der Waals surface area contributed by atoms with Crippen molar-refractivity contribution in [2.75, 3.05) is 0 Å². The van der Waals surface area contributed by atoms with E-state index in [4.69, 9.17) is 0 Å². The van der Waals surface area contributed by atoms with Gasteiger partial charge >= 0.3 is 0 Å². The molecule has 0 fully saturated rings. The molecule has 0 nitrogen and oxygen atoms in total. The predicted octanol–water partition coefficient (Wildman–Crippen LogP) is 4.50. The summed E-state index contributed by atoms with van der Waals surface area (Å²) in [6.45, 7) is 4.37. The topological polar surface area (TPSA) is 0 Å².